The number of aromatic amines is 1. The second-order valence-corrected chi connectivity index (χ2v) is 7.54. The molecule has 0 bridgehead atoms. The molecule has 2 heterocycles. The minimum absolute atomic E-state index is 0.0681. The molecule has 4 aromatic rings. The summed E-state index contributed by atoms with van der Waals surface area (Å²) in [5.41, 5.74) is 0.576. The standard InChI is InChI=1S/C21H17FN4O3S/c1-29-13-6-4-5-12(9-13)20(28)24-19-15-10-14(30-21(15)26-25-19)11-18(27)23-17-8-3-2-7-16(17)22/h2-10H,11H2,1H3,(H,23,27)(H2,24,25,26,28). The fraction of sp³-hybridized carbons (Fsp3) is 0.0952. The molecule has 7 nitrogen and oxygen atoms in total. The van der Waals surface area contributed by atoms with E-state index in [-0.39, 0.29) is 23.9 Å². The van der Waals surface area contributed by atoms with Crippen molar-refractivity contribution in [3.8, 4) is 5.75 Å². The lowest BCUT2D eigenvalue weighted by atomic mass is 10.2. The van der Waals surface area contributed by atoms with Crippen LogP contribution in [-0.2, 0) is 11.2 Å². The Balaban J connectivity index is 1.47. The van der Waals surface area contributed by atoms with Gasteiger partial charge >= 0.3 is 0 Å². The number of benzene rings is 2. The highest BCUT2D eigenvalue weighted by molar-refractivity contribution is 7.18. The van der Waals surface area contributed by atoms with Crippen LogP contribution in [0.25, 0.3) is 10.2 Å². The molecule has 0 unspecified atom stereocenters. The molecule has 4 rings (SSSR count). The van der Waals surface area contributed by atoms with Crippen LogP contribution in [0.4, 0.5) is 15.9 Å². The number of nitrogens with one attached hydrogen (secondary N) is 3. The van der Waals surface area contributed by atoms with Crippen LogP contribution in [-0.4, -0.2) is 29.1 Å². The van der Waals surface area contributed by atoms with E-state index in [4.69, 9.17) is 4.74 Å². The Morgan fingerprint density at radius 1 is 1.13 bits per heavy atom. The number of fused-ring (bicyclic) bond motifs is 1. The van der Waals surface area contributed by atoms with Crippen molar-refractivity contribution >= 4 is 44.9 Å². The van der Waals surface area contributed by atoms with Crippen LogP contribution in [0.15, 0.2) is 54.6 Å². The third kappa shape index (κ3) is 4.15. The fourth-order valence-corrected chi connectivity index (χ4v) is 3.90. The van der Waals surface area contributed by atoms with Crippen molar-refractivity contribution in [2.45, 2.75) is 6.42 Å². The summed E-state index contributed by atoms with van der Waals surface area (Å²) >= 11 is 1.32. The lowest BCUT2D eigenvalue weighted by Crippen LogP contribution is -2.14. The number of carbonyl (C=O) groups is 2. The molecule has 0 aliphatic carbocycles. The average molecular weight is 424 g/mol. The first kappa shape index (κ1) is 19.6. The summed E-state index contributed by atoms with van der Waals surface area (Å²) in [7, 11) is 1.53. The van der Waals surface area contributed by atoms with E-state index in [0.717, 1.165) is 4.88 Å². The van der Waals surface area contributed by atoms with Gasteiger partial charge in [-0.3, -0.25) is 14.7 Å². The van der Waals surface area contributed by atoms with Crippen LogP contribution < -0.4 is 15.4 Å². The van der Waals surface area contributed by atoms with E-state index in [1.807, 2.05) is 0 Å². The number of carbonyl (C=O) groups excluding carboxylic acids is 2. The predicted molar refractivity (Wildman–Crippen MR) is 114 cm³/mol. The summed E-state index contributed by atoms with van der Waals surface area (Å²) in [4.78, 5) is 26.2. The number of H-pyrrole nitrogens is 1. The molecule has 3 N–H and O–H groups in total. The number of anilines is 2. The molecule has 152 valence electrons. The van der Waals surface area contributed by atoms with Crippen LogP contribution in [0.3, 0.4) is 0 Å². The minimum Gasteiger partial charge on any atom is -0.497 e. The van der Waals surface area contributed by atoms with Crippen LogP contribution in [0.5, 0.6) is 5.75 Å². The third-order valence-corrected chi connectivity index (χ3v) is 5.38. The van der Waals surface area contributed by atoms with E-state index in [1.165, 1.54) is 30.6 Å². The third-order valence-electron chi connectivity index (χ3n) is 4.36. The number of aromatic nitrogens is 2. The number of hydrogen-bond acceptors (Lipinski definition) is 5. The van der Waals surface area contributed by atoms with Gasteiger partial charge in [-0.15, -0.1) is 11.3 Å². The molecule has 0 aliphatic heterocycles. The Morgan fingerprint density at radius 2 is 1.97 bits per heavy atom. The first-order valence-corrected chi connectivity index (χ1v) is 9.81. The van der Waals surface area contributed by atoms with Crippen molar-refractivity contribution in [1.82, 2.24) is 10.2 Å². The van der Waals surface area contributed by atoms with Crippen LogP contribution >= 0.6 is 11.3 Å². The van der Waals surface area contributed by atoms with Crippen molar-refractivity contribution in [1.29, 1.82) is 0 Å². The van der Waals surface area contributed by atoms with Crippen LogP contribution in [0.1, 0.15) is 15.2 Å². The van der Waals surface area contributed by atoms with Crippen molar-refractivity contribution in [3.05, 3.63) is 70.9 Å². The number of halogens is 1. The number of hydrogen-bond donors (Lipinski definition) is 3. The van der Waals surface area contributed by atoms with Gasteiger partial charge in [-0.2, -0.15) is 5.10 Å². The lowest BCUT2D eigenvalue weighted by Gasteiger charge is -2.05. The Bertz CT molecular complexity index is 1230. The van der Waals surface area contributed by atoms with Crippen molar-refractivity contribution in [2.75, 3.05) is 17.7 Å². The van der Waals surface area contributed by atoms with Gasteiger partial charge < -0.3 is 15.4 Å². The smallest absolute Gasteiger partial charge is 0.256 e. The quantitative estimate of drug-likeness (QED) is 0.432. The Morgan fingerprint density at radius 3 is 2.77 bits per heavy atom. The van der Waals surface area contributed by atoms with E-state index in [2.05, 4.69) is 20.8 Å². The number of amides is 2. The predicted octanol–water partition coefficient (Wildman–Crippen LogP) is 4.21. The van der Waals surface area contributed by atoms with Crippen LogP contribution in [0.2, 0.25) is 0 Å². The van der Waals surface area contributed by atoms with Gasteiger partial charge in [0, 0.05) is 10.4 Å². The summed E-state index contributed by atoms with van der Waals surface area (Å²) in [6.45, 7) is 0. The van der Waals surface area contributed by atoms with Crippen LogP contribution in [0, 0.1) is 5.82 Å². The minimum atomic E-state index is -0.491. The topological polar surface area (TPSA) is 96.1 Å². The molecule has 0 radical (unpaired) electrons. The molecule has 0 saturated heterocycles. The molecule has 0 fully saturated rings. The maximum atomic E-state index is 13.7. The maximum Gasteiger partial charge on any atom is 0.256 e. The highest BCUT2D eigenvalue weighted by Crippen LogP contribution is 2.30. The summed E-state index contributed by atoms with van der Waals surface area (Å²) in [5.74, 6) is -0.125. The van der Waals surface area contributed by atoms with Gasteiger partial charge in [0.1, 0.15) is 22.2 Å². The fourth-order valence-electron chi connectivity index (χ4n) is 2.91. The van der Waals surface area contributed by atoms with Crippen molar-refractivity contribution in [3.63, 3.8) is 0 Å². The van der Waals surface area contributed by atoms with Gasteiger partial charge in [-0.25, -0.2) is 4.39 Å². The van der Waals surface area contributed by atoms with Gasteiger partial charge in [0.25, 0.3) is 5.91 Å². The van der Waals surface area contributed by atoms with Gasteiger partial charge in [0.05, 0.1) is 24.6 Å². The van der Waals surface area contributed by atoms with E-state index in [1.54, 1.807) is 42.5 Å². The van der Waals surface area contributed by atoms with Gasteiger partial charge in [-0.1, -0.05) is 18.2 Å². The summed E-state index contributed by atoms with van der Waals surface area (Å²) < 4.78 is 18.8. The van der Waals surface area contributed by atoms with Crippen molar-refractivity contribution < 1.29 is 18.7 Å². The number of ether oxygens (including phenoxy) is 1. The highest BCUT2D eigenvalue weighted by atomic mass is 32.1. The van der Waals surface area contributed by atoms with Gasteiger partial charge in [0.2, 0.25) is 5.91 Å². The lowest BCUT2D eigenvalue weighted by molar-refractivity contribution is -0.115. The zero-order chi connectivity index (χ0) is 21.1. The molecule has 2 aromatic carbocycles. The SMILES string of the molecule is COc1cccc(C(=O)Nc2[nH]nc3sc(CC(=O)Nc4ccccc4F)cc23)c1. The molecule has 0 spiro atoms. The monoisotopic (exact) mass is 424 g/mol. The molecule has 0 saturated carbocycles. The van der Waals surface area contributed by atoms with Gasteiger partial charge in [0.15, 0.2) is 0 Å². The first-order chi connectivity index (χ1) is 14.5. The Labute approximate surface area is 174 Å². The number of thiophene rings is 1. The molecular weight excluding hydrogens is 407 g/mol. The second kappa shape index (κ2) is 8.34. The summed E-state index contributed by atoms with van der Waals surface area (Å²) in [6, 6.07) is 14.6. The van der Waals surface area contributed by atoms with E-state index in [9.17, 15) is 14.0 Å². The van der Waals surface area contributed by atoms with Gasteiger partial charge in [-0.05, 0) is 36.4 Å². The zero-order valence-electron chi connectivity index (χ0n) is 15.9. The average Bonchev–Trinajstić information content (AvgIpc) is 3.30. The maximum absolute atomic E-state index is 13.7. The summed E-state index contributed by atoms with van der Waals surface area (Å²) in [6.07, 6.45) is 0.0681. The highest BCUT2D eigenvalue weighted by Gasteiger charge is 2.16. The molecule has 2 amide bonds. The molecule has 9 heteroatoms. The van der Waals surface area contributed by atoms with E-state index in [0.29, 0.717) is 27.3 Å². The second-order valence-electron chi connectivity index (χ2n) is 6.42. The number of para-hydroxylation sites is 1. The zero-order valence-corrected chi connectivity index (χ0v) is 16.7. The first-order valence-electron chi connectivity index (χ1n) is 9.00. The number of methoxy groups -OCH3 is 1. The largest absolute Gasteiger partial charge is 0.497 e. The van der Waals surface area contributed by atoms with Crippen molar-refractivity contribution in [2.24, 2.45) is 0 Å². The normalized spacial score (nSPS) is 10.7. The van der Waals surface area contributed by atoms with E-state index < -0.39 is 5.82 Å². The number of rotatable bonds is 6. The molecule has 0 aliphatic rings. The Kier molecular flexibility index (Phi) is 5.44. The Hall–Kier alpha value is -3.72. The molecule has 2 aromatic heterocycles. The van der Waals surface area contributed by atoms with E-state index >= 15 is 0 Å². The summed E-state index contributed by atoms with van der Waals surface area (Å²) in [5, 5.41) is 13.0. The molecule has 30 heavy (non-hydrogen) atoms. The number of nitrogens with zero attached hydrogens (tertiary/aromatic N) is 1. The molecule has 0 atom stereocenters. The molecular formula is C21H17FN4O3S.